The molecule has 5 aromatic rings. The topological polar surface area (TPSA) is 105 Å². The van der Waals surface area contributed by atoms with Crippen molar-refractivity contribution < 1.29 is 5.11 Å². The lowest BCUT2D eigenvalue weighted by atomic mass is 9.96. The summed E-state index contributed by atoms with van der Waals surface area (Å²) < 4.78 is 2.36. The molecule has 0 aliphatic heterocycles. The molecule has 0 radical (unpaired) electrons. The van der Waals surface area contributed by atoms with Gasteiger partial charge in [-0.15, -0.1) is 10.2 Å². The molecule has 0 bridgehead atoms. The molecule has 8 heteroatoms. The number of pyridine rings is 1. The molecule has 1 aliphatic carbocycles. The largest absolute Gasteiger partial charge is 0.396 e. The third-order valence-electron chi connectivity index (χ3n) is 7.20. The highest BCUT2D eigenvalue weighted by Crippen LogP contribution is 2.40. The zero-order chi connectivity index (χ0) is 24.6. The Kier molecular flexibility index (Phi) is 5.81. The van der Waals surface area contributed by atoms with Crippen LogP contribution in [0.15, 0.2) is 48.5 Å². The summed E-state index contributed by atoms with van der Waals surface area (Å²) in [7, 11) is 0. The number of benzene rings is 2. The molecule has 3 aromatic heterocycles. The Balaban J connectivity index is 1.43. The standard InChI is InChI=1S/C28H29N7O/c1-3-25-30-26-17(2)15-20(7-6-14-36)29-28(26)35(25)24-13-11-19-16-18(10-12-22(19)24)21-8-4-5-9-23(21)27-31-33-34-32-27/h4-5,8-10,12,15-16,24,36H,3,6-7,11,13-14H2,1-2H3,(H,31,32,33,34). The molecule has 3 heterocycles. The minimum atomic E-state index is 0.173. The number of nitrogens with one attached hydrogen (secondary N) is 1. The number of aromatic nitrogens is 7. The van der Waals surface area contributed by atoms with E-state index in [1.165, 1.54) is 11.1 Å². The van der Waals surface area contributed by atoms with Gasteiger partial charge in [-0.3, -0.25) is 0 Å². The van der Waals surface area contributed by atoms with Crippen LogP contribution in [-0.4, -0.2) is 46.9 Å². The number of hydrogen-bond acceptors (Lipinski definition) is 6. The van der Waals surface area contributed by atoms with E-state index >= 15 is 0 Å². The first-order chi connectivity index (χ1) is 17.7. The number of hydrogen-bond donors (Lipinski definition) is 2. The number of aryl methyl sites for hydroxylation is 4. The van der Waals surface area contributed by atoms with Crippen molar-refractivity contribution in [2.24, 2.45) is 0 Å². The highest BCUT2D eigenvalue weighted by molar-refractivity contribution is 5.81. The first kappa shape index (κ1) is 22.5. The number of H-pyrrole nitrogens is 1. The number of aromatic amines is 1. The number of fused-ring (bicyclic) bond motifs is 2. The molecule has 1 aliphatic rings. The van der Waals surface area contributed by atoms with Gasteiger partial charge in [0, 0.05) is 24.3 Å². The molecule has 2 N–H and O–H groups in total. The molecule has 0 spiro atoms. The van der Waals surface area contributed by atoms with Gasteiger partial charge in [-0.2, -0.15) is 5.21 Å². The molecule has 1 atom stereocenters. The van der Waals surface area contributed by atoms with Gasteiger partial charge < -0.3 is 9.67 Å². The second kappa shape index (κ2) is 9.28. The maximum atomic E-state index is 9.31. The average molecular weight is 480 g/mol. The van der Waals surface area contributed by atoms with Crippen LogP contribution >= 0.6 is 0 Å². The van der Waals surface area contributed by atoms with E-state index in [9.17, 15) is 5.11 Å². The van der Waals surface area contributed by atoms with Crippen molar-refractivity contribution in [3.63, 3.8) is 0 Å². The molecule has 8 nitrogen and oxygen atoms in total. The predicted octanol–water partition coefficient (Wildman–Crippen LogP) is 4.61. The molecule has 182 valence electrons. The minimum Gasteiger partial charge on any atom is -0.396 e. The fraction of sp³-hybridized carbons (Fsp3) is 0.321. The molecule has 36 heavy (non-hydrogen) atoms. The first-order valence-electron chi connectivity index (χ1n) is 12.6. The van der Waals surface area contributed by atoms with Crippen molar-refractivity contribution in [1.82, 2.24) is 35.2 Å². The van der Waals surface area contributed by atoms with E-state index in [-0.39, 0.29) is 12.6 Å². The van der Waals surface area contributed by atoms with Crippen LogP contribution in [-0.2, 0) is 19.3 Å². The van der Waals surface area contributed by atoms with Crippen LogP contribution in [0.25, 0.3) is 33.7 Å². The summed E-state index contributed by atoms with van der Waals surface area (Å²) >= 11 is 0. The van der Waals surface area contributed by atoms with E-state index in [0.29, 0.717) is 12.2 Å². The van der Waals surface area contributed by atoms with E-state index in [0.717, 1.165) is 70.6 Å². The van der Waals surface area contributed by atoms with Crippen LogP contribution in [0.3, 0.4) is 0 Å². The smallest absolute Gasteiger partial charge is 0.205 e. The Bertz CT molecular complexity index is 1540. The fourth-order valence-corrected chi connectivity index (χ4v) is 5.53. The van der Waals surface area contributed by atoms with E-state index in [4.69, 9.17) is 9.97 Å². The molecule has 0 saturated carbocycles. The average Bonchev–Trinajstić information content (AvgIpc) is 3.65. The quantitative estimate of drug-likeness (QED) is 0.353. The van der Waals surface area contributed by atoms with Crippen molar-refractivity contribution in [3.8, 4) is 22.5 Å². The van der Waals surface area contributed by atoms with Crippen molar-refractivity contribution in [1.29, 1.82) is 0 Å². The van der Waals surface area contributed by atoms with Gasteiger partial charge in [-0.05, 0) is 71.7 Å². The van der Waals surface area contributed by atoms with Gasteiger partial charge in [0.05, 0.1) is 6.04 Å². The van der Waals surface area contributed by atoms with Crippen molar-refractivity contribution >= 4 is 11.2 Å². The number of rotatable bonds is 7. The van der Waals surface area contributed by atoms with Gasteiger partial charge in [0.2, 0.25) is 5.82 Å². The van der Waals surface area contributed by atoms with Crippen molar-refractivity contribution in [3.05, 3.63) is 76.7 Å². The van der Waals surface area contributed by atoms with Gasteiger partial charge in [-0.1, -0.05) is 49.4 Å². The normalized spacial score (nSPS) is 15.0. The summed E-state index contributed by atoms with van der Waals surface area (Å²) in [6.07, 6.45) is 4.36. The molecule has 0 amide bonds. The highest BCUT2D eigenvalue weighted by Gasteiger charge is 2.29. The zero-order valence-electron chi connectivity index (χ0n) is 20.6. The van der Waals surface area contributed by atoms with Crippen LogP contribution in [0.4, 0.5) is 0 Å². The number of nitrogens with zero attached hydrogens (tertiary/aromatic N) is 6. The second-order valence-corrected chi connectivity index (χ2v) is 9.43. The van der Waals surface area contributed by atoms with Gasteiger partial charge in [0.25, 0.3) is 0 Å². The Morgan fingerprint density at radius 1 is 1.08 bits per heavy atom. The van der Waals surface area contributed by atoms with Crippen LogP contribution in [0, 0.1) is 6.92 Å². The first-order valence-corrected chi connectivity index (χ1v) is 12.6. The van der Waals surface area contributed by atoms with E-state index < -0.39 is 0 Å². The summed E-state index contributed by atoms with van der Waals surface area (Å²) in [5.41, 5.74) is 10.0. The summed E-state index contributed by atoms with van der Waals surface area (Å²) in [5.74, 6) is 1.67. The molecule has 0 fully saturated rings. The van der Waals surface area contributed by atoms with Crippen molar-refractivity contribution in [2.75, 3.05) is 6.61 Å². The third kappa shape index (κ3) is 3.78. The van der Waals surface area contributed by atoms with E-state index in [1.54, 1.807) is 0 Å². The Hall–Kier alpha value is -3.91. The minimum absolute atomic E-state index is 0.173. The van der Waals surface area contributed by atoms with Gasteiger partial charge in [0.1, 0.15) is 11.3 Å². The van der Waals surface area contributed by atoms with Gasteiger partial charge >= 0.3 is 0 Å². The highest BCUT2D eigenvalue weighted by atomic mass is 16.2. The molecule has 1 unspecified atom stereocenters. The SMILES string of the molecule is CCc1nc2c(C)cc(CCCO)nc2n1C1CCc2cc(-c3ccccc3-c3nn[nH]n3)ccc21. The lowest BCUT2D eigenvalue weighted by Gasteiger charge is -2.18. The number of aliphatic hydroxyl groups excluding tert-OH is 1. The van der Waals surface area contributed by atoms with Crippen LogP contribution in [0.2, 0.25) is 0 Å². The molecular formula is C28H29N7O. The Labute approximate surface area is 209 Å². The molecule has 2 aromatic carbocycles. The molecular weight excluding hydrogens is 450 g/mol. The third-order valence-corrected chi connectivity index (χ3v) is 7.20. The summed E-state index contributed by atoms with van der Waals surface area (Å²) in [6.45, 7) is 4.44. The molecule has 6 rings (SSSR count). The molecule has 0 saturated heterocycles. The summed E-state index contributed by atoms with van der Waals surface area (Å²) in [6, 6.07) is 17.3. The van der Waals surface area contributed by atoms with Gasteiger partial charge in [-0.25, -0.2) is 9.97 Å². The number of imidazole rings is 1. The predicted molar refractivity (Wildman–Crippen MR) is 139 cm³/mol. The van der Waals surface area contributed by atoms with E-state index in [1.807, 2.05) is 18.2 Å². The number of tetrazole rings is 1. The van der Waals surface area contributed by atoms with E-state index in [2.05, 4.69) is 69.4 Å². The van der Waals surface area contributed by atoms with Gasteiger partial charge in [0.15, 0.2) is 5.65 Å². The fourth-order valence-electron chi connectivity index (χ4n) is 5.53. The van der Waals surface area contributed by atoms with Crippen LogP contribution < -0.4 is 0 Å². The Morgan fingerprint density at radius 2 is 1.94 bits per heavy atom. The van der Waals surface area contributed by atoms with Crippen LogP contribution in [0.1, 0.15) is 54.0 Å². The zero-order valence-corrected chi connectivity index (χ0v) is 20.6. The maximum Gasteiger partial charge on any atom is 0.205 e. The lowest BCUT2D eigenvalue weighted by molar-refractivity contribution is 0.288. The summed E-state index contributed by atoms with van der Waals surface area (Å²) in [4.78, 5) is 10.0. The summed E-state index contributed by atoms with van der Waals surface area (Å²) in [5, 5.41) is 24.0. The number of aliphatic hydroxyl groups is 1. The lowest BCUT2D eigenvalue weighted by Crippen LogP contribution is -2.12. The Morgan fingerprint density at radius 3 is 2.72 bits per heavy atom. The monoisotopic (exact) mass is 479 g/mol. The maximum absolute atomic E-state index is 9.31. The second-order valence-electron chi connectivity index (χ2n) is 9.43. The van der Waals surface area contributed by atoms with Crippen molar-refractivity contribution in [2.45, 2.75) is 52.0 Å². The van der Waals surface area contributed by atoms with Crippen LogP contribution in [0.5, 0.6) is 0 Å².